The van der Waals surface area contributed by atoms with Crippen LogP contribution in [-0.4, -0.2) is 4.98 Å². The van der Waals surface area contributed by atoms with Crippen molar-refractivity contribution in [2.45, 2.75) is 0 Å². The average molecular weight is 257 g/mol. The van der Waals surface area contributed by atoms with Gasteiger partial charge < -0.3 is 0 Å². The molecule has 1 nitrogen and oxygen atoms in total. The summed E-state index contributed by atoms with van der Waals surface area (Å²) in [6, 6.07) is 14.8. The Morgan fingerprint density at radius 3 is 2.89 bits per heavy atom. The first-order valence-corrected chi connectivity index (χ1v) is 5.84. The van der Waals surface area contributed by atoms with Gasteiger partial charge in [-0.25, -0.2) is 4.39 Å². The van der Waals surface area contributed by atoms with Crippen molar-refractivity contribution in [2.24, 2.45) is 0 Å². The summed E-state index contributed by atoms with van der Waals surface area (Å²) in [5.74, 6) is -0.286. The van der Waals surface area contributed by atoms with Gasteiger partial charge in [0, 0.05) is 11.6 Å². The van der Waals surface area contributed by atoms with Crippen LogP contribution < -0.4 is 0 Å². The van der Waals surface area contributed by atoms with Crippen LogP contribution in [0, 0.1) is 11.9 Å². The molecule has 0 atom stereocenters. The molecular weight excluding hydrogens is 249 g/mol. The minimum absolute atomic E-state index is 0.286. The number of nitrogens with zero attached hydrogens (tertiary/aromatic N) is 1. The largest absolute Gasteiger partial charge is 0.255 e. The number of rotatable bonds is 1. The van der Waals surface area contributed by atoms with Crippen molar-refractivity contribution in [1.82, 2.24) is 4.98 Å². The van der Waals surface area contributed by atoms with Crippen LogP contribution in [0.25, 0.3) is 22.0 Å². The van der Waals surface area contributed by atoms with Gasteiger partial charge in [-0.2, -0.15) is 0 Å². The first kappa shape index (κ1) is 11.2. The van der Waals surface area contributed by atoms with Gasteiger partial charge in [0.2, 0.25) is 0 Å². The molecule has 3 aromatic rings. The summed E-state index contributed by atoms with van der Waals surface area (Å²) < 4.78 is 13.2. The number of pyridine rings is 1. The second kappa shape index (κ2) is 4.39. The maximum Gasteiger partial charge on any atom is 0.123 e. The fraction of sp³-hybridized carbons (Fsp3) is 0. The monoisotopic (exact) mass is 256 g/mol. The van der Waals surface area contributed by atoms with Gasteiger partial charge in [-0.1, -0.05) is 23.7 Å². The maximum absolute atomic E-state index is 13.2. The average Bonchev–Trinajstić information content (AvgIpc) is 2.39. The number of hydrogen-bond acceptors (Lipinski definition) is 1. The zero-order valence-corrected chi connectivity index (χ0v) is 10.1. The van der Waals surface area contributed by atoms with Crippen LogP contribution in [0.4, 0.5) is 4.39 Å². The zero-order valence-electron chi connectivity index (χ0n) is 9.32. The molecule has 1 aromatic heterocycles. The van der Waals surface area contributed by atoms with Crippen molar-refractivity contribution in [3.8, 4) is 11.1 Å². The molecule has 2 aromatic carbocycles. The third kappa shape index (κ3) is 1.95. The molecular formula is C15H8ClFN. The smallest absolute Gasteiger partial charge is 0.123 e. The molecule has 3 heteroatoms. The molecule has 1 radical (unpaired) electrons. The molecule has 0 unspecified atom stereocenters. The molecule has 0 aliphatic heterocycles. The first-order chi connectivity index (χ1) is 8.74. The molecule has 0 saturated heterocycles. The minimum Gasteiger partial charge on any atom is -0.255 e. The van der Waals surface area contributed by atoms with E-state index in [4.69, 9.17) is 11.6 Å². The Labute approximate surface area is 109 Å². The Morgan fingerprint density at radius 2 is 2.06 bits per heavy atom. The van der Waals surface area contributed by atoms with E-state index in [1.54, 1.807) is 18.3 Å². The Balaban J connectivity index is 2.24. The highest BCUT2D eigenvalue weighted by molar-refractivity contribution is 6.35. The van der Waals surface area contributed by atoms with Crippen LogP contribution >= 0.6 is 11.6 Å². The highest BCUT2D eigenvalue weighted by Gasteiger charge is 2.05. The maximum atomic E-state index is 13.2. The molecule has 0 spiro atoms. The van der Waals surface area contributed by atoms with E-state index < -0.39 is 0 Å². The summed E-state index contributed by atoms with van der Waals surface area (Å²) >= 11 is 6.18. The predicted molar refractivity (Wildman–Crippen MR) is 71.0 cm³/mol. The molecule has 0 aliphatic carbocycles. The second-order valence-corrected chi connectivity index (χ2v) is 4.36. The van der Waals surface area contributed by atoms with E-state index in [2.05, 4.69) is 11.1 Å². The SMILES string of the molecule is Fc1cc[c]c(-c2cc(Cl)c3ncccc3c2)c1. The topological polar surface area (TPSA) is 12.9 Å². The zero-order chi connectivity index (χ0) is 12.5. The van der Waals surface area contributed by atoms with Gasteiger partial charge in [0.25, 0.3) is 0 Å². The lowest BCUT2D eigenvalue weighted by Gasteiger charge is -2.05. The number of aromatic nitrogens is 1. The fourth-order valence-electron chi connectivity index (χ4n) is 1.91. The first-order valence-electron chi connectivity index (χ1n) is 5.46. The summed E-state index contributed by atoms with van der Waals surface area (Å²) in [4.78, 5) is 4.22. The standard InChI is InChI=1S/C15H8ClFN/c16-14-9-12(10-3-1-5-13(17)8-10)7-11-4-2-6-18-15(11)14/h1-2,4-9H. The van der Waals surface area contributed by atoms with E-state index in [0.29, 0.717) is 10.6 Å². The quantitative estimate of drug-likeness (QED) is 0.625. The van der Waals surface area contributed by atoms with E-state index in [1.807, 2.05) is 18.2 Å². The van der Waals surface area contributed by atoms with Crippen LogP contribution in [0.1, 0.15) is 0 Å². The van der Waals surface area contributed by atoms with Crippen LogP contribution in [0.15, 0.2) is 48.7 Å². The lowest BCUT2D eigenvalue weighted by Crippen LogP contribution is -1.84. The van der Waals surface area contributed by atoms with Gasteiger partial charge in [-0.05, 0) is 47.5 Å². The van der Waals surface area contributed by atoms with Crippen LogP contribution in [0.2, 0.25) is 5.02 Å². The molecule has 3 rings (SSSR count). The van der Waals surface area contributed by atoms with Gasteiger partial charge >= 0.3 is 0 Å². The van der Waals surface area contributed by atoms with Crippen molar-refractivity contribution >= 4 is 22.5 Å². The lowest BCUT2D eigenvalue weighted by atomic mass is 10.0. The number of halogens is 2. The minimum atomic E-state index is -0.286. The third-order valence-electron chi connectivity index (χ3n) is 2.73. The van der Waals surface area contributed by atoms with E-state index >= 15 is 0 Å². The summed E-state index contributed by atoms with van der Waals surface area (Å²) in [6.45, 7) is 0. The van der Waals surface area contributed by atoms with Crippen molar-refractivity contribution in [3.05, 3.63) is 65.6 Å². The lowest BCUT2D eigenvalue weighted by molar-refractivity contribution is 0.628. The predicted octanol–water partition coefficient (Wildman–Crippen LogP) is 4.49. The molecule has 87 valence electrons. The van der Waals surface area contributed by atoms with Gasteiger partial charge in [0.05, 0.1) is 10.5 Å². The van der Waals surface area contributed by atoms with Crippen molar-refractivity contribution in [1.29, 1.82) is 0 Å². The van der Waals surface area contributed by atoms with Gasteiger partial charge in [-0.3, -0.25) is 4.98 Å². The highest BCUT2D eigenvalue weighted by Crippen LogP contribution is 2.29. The summed E-state index contributed by atoms with van der Waals surface area (Å²) in [6.07, 6.45) is 1.70. The molecule has 0 bridgehead atoms. The third-order valence-corrected chi connectivity index (χ3v) is 3.02. The van der Waals surface area contributed by atoms with E-state index in [-0.39, 0.29) is 5.82 Å². The molecule has 0 saturated carbocycles. The molecule has 18 heavy (non-hydrogen) atoms. The van der Waals surface area contributed by atoms with Crippen LogP contribution in [-0.2, 0) is 0 Å². The highest BCUT2D eigenvalue weighted by atomic mass is 35.5. The van der Waals surface area contributed by atoms with Crippen molar-refractivity contribution < 1.29 is 4.39 Å². The van der Waals surface area contributed by atoms with Crippen molar-refractivity contribution in [3.63, 3.8) is 0 Å². The van der Waals surface area contributed by atoms with Gasteiger partial charge in [0.15, 0.2) is 0 Å². The number of fused-ring (bicyclic) bond motifs is 1. The second-order valence-electron chi connectivity index (χ2n) is 3.95. The molecule has 0 N–H and O–H groups in total. The summed E-state index contributed by atoms with van der Waals surface area (Å²) in [7, 11) is 0. The molecule has 0 amide bonds. The van der Waals surface area contributed by atoms with E-state index in [9.17, 15) is 4.39 Å². The Bertz CT molecular complexity index is 725. The van der Waals surface area contributed by atoms with Gasteiger partial charge in [-0.15, -0.1) is 0 Å². The normalized spacial score (nSPS) is 10.8. The van der Waals surface area contributed by atoms with Crippen molar-refractivity contribution in [2.75, 3.05) is 0 Å². The Hall–Kier alpha value is -1.93. The van der Waals surface area contributed by atoms with Gasteiger partial charge in [0.1, 0.15) is 5.82 Å². The van der Waals surface area contributed by atoms with E-state index in [1.165, 1.54) is 12.1 Å². The van der Waals surface area contributed by atoms with Crippen LogP contribution in [0.3, 0.4) is 0 Å². The molecule has 1 heterocycles. The Morgan fingerprint density at radius 1 is 1.17 bits per heavy atom. The molecule has 0 fully saturated rings. The fourth-order valence-corrected chi connectivity index (χ4v) is 2.18. The number of hydrogen-bond donors (Lipinski definition) is 0. The number of benzene rings is 2. The Kier molecular flexibility index (Phi) is 2.73. The van der Waals surface area contributed by atoms with E-state index in [0.717, 1.165) is 16.5 Å². The summed E-state index contributed by atoms with van der Waals surface area (Å²) in [5.41, 5.74) is 2.27. The summed E-state index contributed by atoms with van der Waals surface area (Å²) in [5, 5.41) is 1.48. The molecule has 0 aliphatic rings. The van der Waals surface area contributed by atoms with Crippen LogP contribution in [0.5, 0.6) is 0 Å².